The van der Waals surface area contributed by atoms with Gasteiger partial charge in [-0.2, -0.15) is 11.8 Å². The van der Waals surface area contributed by atoms with Gasteiger partial charge >= 0.3 is 0 Å². The zero-order valence-corrected chi connectivity index (χ0v) is 12.0. The van der Waals surface area contributed by atoms with Crippen molar-refractivity contribution in [2.75, 3.05) is 31.3 Å². The summed E-state index contributed by atoms with van der Waals surface area (Å²) in [5.41, 5.74) is 0.499. The summed E-state index contributed by atoms with van der Waals surface area (Å²) in [7, 11) is 0. The predicted molar refractivity (Wildman–Crippen MR) is 73.2 cm³/mol. The van der Waals surface area contributed by atoms with Gasteiger partial charge in [0.15, 0.2) is 0 Å². The van der Waals surface area contributed by atoms with Crippen LogP contribution in [0.4, 0.5) is 0 Å². The predicted octanol–water partition coefficient (Wildman–Crippen LogP) is 2.78. The molecule has 0 bridgehead atoms. The fraction of sp³-hybridized carbons (Fsp3) is 1.00. The van der Waals surface area contributed by atoms with Gasteiger partial charge in [-0.25, -0.2) is 0 Å². The SMILES string of the molecule is CC(C)COCCNC1CSCC(C)(C)C1. The summed E-state index contributed by atoms with van der Waals surface area (Å²) >= 11 is 2.08. The lowest BCUT2D eigenvalue weighted by Gasteiger charge is -2.35. The first-order valence-corrected chi connectivity index (χ1v) is 7.54. The van der Waals surface area contributed by atoms with E-state index in [1.165, 1.54) is 17.9 Å². The highest BCUT2D eigenvalue weighted by Gasteiger charge is 2.27. The number of ether oxygens (including phenoxy) is 1. The van der Waals surface area contributed by atoms with Crippen LogP contribution in [0.3, 0.4) is 0 Å². The van der Waals surface area contributed by atoms with E-state index < -0.39 is 0 Å². The van der Waals surface area contributed by atoms with Crippen LogP contribution < -0.4 is 5.32 Å². The molecule has 96 valence electrons. The quantitative estimate of drug-likeness (QED) is 0.727. The maximum atomic E-state index is 5.57. The molecule has 0 spiro atoms. The van der Waals surface area contributed by atoms with Crippen LogP contribution in [-0.2, 0) is 4.74 Å². The van der Waals surface area contributed by atoms with E-state index in [1.807, 2.05) is 0 Å². The van der Waals surface area contributed by atoms with Crippen LogP contribution in [0.5, 0.6) is 0 Å². The Bertz CT molecular complexity index is 194. The Morgan fingerprint density at radius 3 is 2.81 bits per heavy atom. The first-order chi connectivity index (χ1) is 7.49. The Balaban J connectivity index is 2.04. The lowest BCUT2D eigenvalue weighted by atomic mass is 9.88. The normalized spacial score (nSPS) is 24.9. The summed E-state index contributed by atoms with van der Waals surface area (Å²) in [6.45, 7) is 11.8. The van der Waals surface area contributed by atoms with E-state index in [4.69, 9.17) is 4.74 Å². The van der Waals surface area contributed by atoms with Crippen molar-refractivity contribution >= 4 is 11.8 Å². The van der Waals surface area contributed by atoms with Gasteiger partial charge in [0.05, 0.1) is 6.61 Å². The first kappa shape index (κ1) is 14.3. The van der Waals surface area contributed by atoms with Gasteiger partial charge in [-0.1, -0.05) is 27.7 Å². The van der Waals surface area contributed by atoms with Crippen LogP contribution in [-0.4, -0.2) is 37.3 Å². The van der Waals surface area contributed by atoms with Gasteiger partial charge in [-0.05, 0) is 23.5 Å². The summed E-state index contributed by atoms with van der Waals surface area (Å²) in [5.74, 6) is 3.20. The van der Waals surface area contributed by atoms with Gasteiger partial charge < -0.3 is 10.1 Å². The lowest BCUT2D eigenvalue weighted by molar-refractivity contribution is 0.109. The molecule has 2 nitrogen and oxygen atoms in total. The molecule has 0 aliphatic carbocycles. The van der Waals surface area contributed by atoms with Gasteiger partial charge in [0.25, 0.3) is 0 Å². The fourth-order valence-corrected chi connectivity index (χ4v) is 3.36. The molecule has 0 amide bonds. The summed E-state index contributed by atoms with van der Waals surface area (Å²) in [6.07, 6.45) is 1.30. The second-order valence-electron chi connectivity index (χ2n) is 6.00. The number of hydrogen-bond donors (Lipinski definition) is 1. The van der Waals surface area contributed by atoms with Gasteiger partial charge in [-0.3, -0.25) is 0 Å². The van der Waals surface area contributed by atoms with E-state index in [1.54, 1.807) is 0 Å². The van der Waals surface area contributed by atoms with Crippen molar-refractivity contribution in [1.29, 1.82) is 0 Å². The minimum atomic E-state index is 0.499. The average molecular weight is 245 g/mol. The molecule has 1 N–H and O–H groups in total. The van der Waals surface area contributed by atoms with Crippen molar-refractivity contribution in [2.45, 2.75) is 40.2 Å². The van der Waals surface area contributed by atoms with Crippen LogP contribution in [0.2, 0.25) is 0 Å². The second kappa shape index (κ2) is 6.87. The van der Waals surface area contributed by atoms with Crippen LogP contribution in [0.15, 0.2) is 0 Å². The van der Waals surface area contributed by atoms with Gasteiger partial charge in [0.1, 0.15) is 0 Å². The van der Waals surface area contributed by atoms with Gasteiger partial charge in [0.2, 0.25) is 0 Å². The Hall–Kier alpha value is 0.270. The zero-order chi connectivity index (χ0) is 12.0. The largest absolute Gasteiger partial charge is 0.380 e. The third-order valence-corrected chi connectivity index (χ3v) is 4.37. The molecule has 3 heteroatoms. The van der Waals surface area contributed by atoms with E-state index in [0.717, 1.165) is 19.8 Å². The first-order valence-electron chi connectivity index (χ1n) is 6.38. The highest BCUT2D eigenvalue weighted by Crippen LogP contribution is 2.33. The average Bonchev–Trinajstić information content (AvgIpc) is 2.15. The molecule has 1 saturated heterocycles. The zero-order valence-electron chi connectivity index (χ0n) is 11.2. The van der Waals surface area contributed by atoms with Crippen molar-refractivity contribution < 1.29 is 4.74 Å². The number of nitrogens with one attached hydrogen (secondary N) is 1. The Morgan fingerprint density at radius 2 is 2.19 bits per heavy atom. The molecular formula is C13H27NOS. The monoisotopic (exact) mass is 245 g/mol. The molecule has 1 aliphatic heterocycles. The molecule has 0 aromatic rings. The third-order valence-electron chi connectivity index (χ3n) is 2.74. The molecule has 1 unspecified atom stereocenters. The van der Waals surface area contributed by atoms with E-state index >= 15 is 0 Å². The van der Waals surface area contributed by atoms with E-state index in [2.05, 4.69) is 44.8 Å². The van der Waals surface area contributed by atoms with Gasteiger partial charge in [0, 0.05) is 24.9 Å². The topological polar surface area (TPSA) is 21.3 Å². The van der Waals surface area contributed by atoms with Crippen molar-refractivity contribution in [3.8, 4) is 0 Å². The summed E-state index contributed by atoms with van der Waals surface area (Å²) in [4.78, 5) is 0. The molecule has 1 atom stereocenters. The minimum Gasteiger partial charge on any atom is -0.380 e. The molecule has 16 heavy (non-hydrogen) atoms. The van der Waals surface area contributed by atoms with Gasteiger partial charge in [-0.15, -0.1) is 0 Å². The molecule has 0 aromatic heterocycles. The molecule has 1 rings (SSSR count). The number of rotatable bonds is 6. The van der Waals surface area contributed by atoms with E-state index in [-0.39, 0.29) is 0 Å². The smallest absolute Gasteiger partial charge is 0.0591 e. The van der Waals surface area contributed by atoms with Crippen LogP contribution in [0.25, 0.3) is 0 Å². The Morgan fingerprint density at radius 1 is 1.44 bits per heavy atom. The van der Waals surface area contributed by atoms with Crippen molar-refractivity contribution in [3.63, 3.8) is 0 Å². The number of thioether (sulfide) groups is 1. The molecule has 1 aliphatic rings. The highest BCUT2D eigenvalue weighted by molar-refractivity contribution is 7.99. The number of hydrogen-bond acceptors (Lipinski definition) is 3. The summed E-state index contributed by atoms with van der Waals surface area (Å²) in [5, 5.41) is 3.61. The van der Waals surface area contributed by atoms with Crippen LogP contribution in [0.1, 0.15) is 34.1 Å². The third kappa shape index (κ3) is 6.12. The molecule has 1 fully saturated rings. The molecule has 1 heterocycles. The Kier molecular flexibility index (Phi) is 6.16. The fourth-order valence-electron chi connectivity index (χ4n) is 2.05. The summed E-state index contributed by atoms with van der Waals surface area (Å²) < 4.78 is 5.57. The maximum Gasteiger partial charge on any atom is 0.0591 e. The summed E-state index contributed by atoms with van der Waals surface area (Å²) in [6, 6.07) is 0.677. The molecular weight excluding hydrogens is 218 g/mol. The molecule has 0 aromatic carbocycles. The highest BCUT2D eigenvalue weighted by atomic mass is 32.2. The van der Waals surface area contributed by atoms with Crippen molar-refractivity contribution in [3.05, 3.63) is 0 Å². The second-order valence-corrected chi connectivity index (χ2v) is 7.03. The Labute approximate surface area is 105 Å². The van der Waals surface area contributed by atoms with E-state index in [9.17, 15) is 0 Å². The minimum absolute atomic E-state index is 0.499. The molecule has 0 saturated carbocycles. The maximum absolute atomic E-state index is 5.57. The standard InChI is InChI=1S/C13H27NOS/c1-11(2)8-15-6-5-14-12-7-13(3,4)10-16-9-12/h11-12,14H,5-10H2,1-4H3. The van der Waals surface area contributed by atoms with Crippen molar-refractivity contribution in [2.24, 2.45) is 11.3 Å². The van der Waals surface area contributed by atoms with Crippen LogP contribution >= 0.6 is 11.8 Å². The molecule has 0 radical (unpaired) electrons. The van der Waals surface area contributed by atoms with E-state index in [0.29, 0.717) is 17.4 Å². The van der Waals surface area contributed by atoms with Crippen LogP contribution in [0, 0.1) is 11.3 Å². The lowest BCUT2D eigenvalue weighted by Crippen LogP contribution is -2.41. The van der Waals surface area contributed by atoms with Crippen molar-refractivity contribution in [1.82, 2.24) is 5.32 Å².